The lowest BCUT2D eigenvalue weighted by Crippen LogP contribution is -2.51. The van der Waals surface area contributed by atoms with Crippen molar-refractivity contribution in [3.63, 3.8) is 0 Å². The molecular formula is C16H24N2O2. The predicted molar refractivity (Wildman–Crippen MR) is 79.3 cm³/mol. The van der Waals surface area contributed by atoms with E-state index in [9.17, 15) is 4.79 Å². The van der Waals surface area contributed by atoms with E-state index >= 15 is 0 Å². The summed E-state index contributed by atoms with van der Waals surface area (Å²) >= 11 is 0. The van der Waals surface area contributed by atoms with Crippen molar-refractivity contribution in [1.82, 2.24) is 10.2 Å². The van der Waals surface area contributed by atoms with Crippen LogP contribution in [0.3, 0.4) is 0 Å². The van der Waals surface area contributed by atoms with Crippen molar-refractivity contribution in [3.8, 4) is 0 Å². The Morgan fingerprint density at radius 2 is 1.95 bits per heavy atom. The number of carbonyl (C=O) groups excluding carboxylic acids is 1. The molecule has 1 unspecified atom stereocenters. The van der Waals surface area contributed by atoms with Crippen LogP contribution in [0.15, 0.2) is 24.3 Å². The molecule has 0 bridgehead atoms. The van der Waals surface area contributed by atoms with Gasteiger partial charge in [-0.05, 0) is 31.0 Å². The molecule has 1 aliphatic heterocycles. The predicted octanol–water partition coefficient (Wildman–Crippen LogP) is 1.93. The van der Waals surface area contributed by atoms with Crippen LogP contribution in [0.5, 0.6) is 0 Å². The van der Waals surface area contributed by atoms with Crippen LogP contribution >= 0.6 is 0 Å². The molecule has 0 spiro atoms. The van der Waals surface area contributed by atoms with Crippen LogP contribution in [0.2, 0.25) is 0 Å². The van der Waals surface area contributed by atoms with Crippen LogP contribution in [0.4, 0.5) is 0 Å². The Morgan fingerprint density at radius 1 is 1.35 bits per heavy atom. The molecule has 0 saturated carbocycles. The summed E-state index contributed by atoms with van der Waals surface area (Å²) in [5, 5.41) is 3.25. The highest BCUT2D eigenvalue weighted by molar-refractivity contribution is 5.80. The monoisotopic (exact) mass is 276 g/mol. The lowest BCUT2D eigenvalue weighted by atomic mass is 9.97. The maximum absolute atomic E-state index is 11.9. The number of esters is 1. The molecule has 4 heteroatoms. The van der Waals surface area contributed by atoms with Gasteiger partial charge in [-0.25, -0.2) is 0 Å². The SMILES string of the molecule is CCNC(C)(CCN1Cc2ccccc2C1)C(=O)OC. The van der Waals surface area contributed by atoms with Crippen molar-refractivity contribution in [2.45, 2.75) is 38.9 Å². The minimum absolute atomic E-state index is 0.184. The van der Waals surface area contributed by atoms with Crippen molar-refractivity contribution in [2.24, 2.45) is 0 Å². The molecule has 4 nitrogen and oxygen atoms in total. The highest BCUT2D eigenvalue weighted by Crippen LogP contribution is 2.23. The van der Waals surface area contributed by atoms with E-state index in [2.05, 4.69) is 34.5 Å². The summed E-state index contributed by atoms with van der Waals surface area (Å²) in [6, 6.07) is 8.53. The van der Waals surface area contributed by atoms with Gasteiger partial charge >= 0.3 is 5.97 Å². The van der Waals surface area contributed by atoms with Gasteiger partial charge in [0.15, 0.2) is 0 Å². The smallest absolute Gasteiger partial charge is 0.325 e. The highest BCUT2D eigenvalue weighted by atomic mass is 16.5. The quantitative estimate of drug-likeness (QED) is 0.806. The topological polar surface area (TPSA) is 41.6 Å². The Bertz CT molecular complexity index is 450. The van der Waals surface area contributed by atoms with Gasteiger partial charge in [0.1, 0.15) is 5.54 Å². The molecule has 1 aliphatic rings. The van der Waals surface area contributed by atoms with Gasteiger partial charge in [-0.3, -0.25) is 9.69 Å². The fourth-order valence-corrected chi connectivity index (χ4v) is 2.82. The maximum Gasteiger partial charge on any atom is 0.325 e. The maximum atomic E-state index is 11.9. The van der Waals surface area contributed by atoms with Crippen LogP contribution < -0.4 is 5.32 Å². The molecule has 1 aromatic carbocycles. The molecule has 20 heavy (non-hydrogen) atoms. The van der Waals surface area contributed by atoms with Crippen molar-refractivity contribution in [1.29, 1.82) is 0 Å². The number of hydrogen-bond donors (Lipinski definition) is 1. The molecule has 0 aliphatic carbocycles. The molecule has 0 aromatic heterocycles. The standard InChI is InChI=1S/C16H24N2O2/c1-4-17-16(2,15(19)20-3)9-10-18-11-13-7-5-6-8-14(13)12-18/h5-8,17H,4,9-12H2,1-3H3. The van der Waals surface area contributed by atoms with Crippen LogP contribution in [0, 0.1) is 0 Å². The van der Waals surface area contributed by atoms with Gasteiger partial charge in [0.2, 0.25) is 0 Å². The second-order valence-electron chi connectivity index (χ2n) is 5.58. The average Bonchev–Trinajstić information content (AvgIpc) is 2.87. The van der Waals surface area contributed by atoms with Gasteiger partial charge in [-0.15, -0.1) is 0 Å². The van der Waals surface area contributed by atoms with Crippen LogP contribution in [0.25, 0.3) is 0 Å². The zero-order valence-electron chi connectivity index (χ0n) is 12.6. The third kappa shape index (κ3) is 3.19. The minimum Gasteiger partial charge on any atom is -0.468 e. The number of fused-ring (bicyclic) bond motifs is 1. The molecule has 0 amide bonds. The highest BCUT2D eigenvalue weighted by Gasteiger charge is 2.34. The van der Waals surface area contributed by atoms with Crippen LogP contribution in [0.1, 0.15) is 31.4 Å². The number of hydrogen-bond acceptors (Lipinski definition) is 4. The number of benzene rings is 1. The molecule has 0 fully saturated rings. The Kier molecular flexibility index (Phi) is 4.78. The number of nitrogens with zero attached hydrogens (tertiary/aromatic N) is 1. The largest absolute Gasteiger partial charge is 0.468 e. The molecular weight excluding hydrogens is 252 g/mol. The van der Waals surface area contributed by atoms with Gasteiger partial charge < -0.3 is 10.1 Å². The summed E-state index contributed by atoms with van der Waals surface area (Å²) in [4.78, 5) is 14.3. The van der Waals surface area contributed by atoms with E-state index in [0.29, 0.717) is 0 Å². The number of nitrogens with one attached hydrogen (secondary N) is 1. The van der Waals surface area contributed by atoms with E-state index in [1.54, 1.807) is 0 Å². The summed E-state index contributed by atoms with van der Waals surface area (Å²) in [6.45, 7) is 7.51. The third-order valence-corrected chi connectivity index (χ3v) is 4.04. The van der Waals surface area contributed by atoms with Gasteiger partial charge in [-0.2, -0.15) is 0 Å². The summed E-state index contributed by atoms with van der Waals surface area (Å²) in [5.41, 5.74) is 2.20. The molecule has 1 aromatic rings. The zero-order valence-corrected chi connectivity index (χ0v) is 12.6. The van der Waals surface area contributed by atoms with Gasteiger partial charge in [0.25, 0.3) is 0 Å². The third-order valence-electron chi connectivity index (χ3n) is 4.04. The van der Waals surface area contributed by atoms with E-state index in [0.717, 1.165) is 32.6 Å². The molecule has 2 rings (SSSR count). The fraction of sp³-hybridized carbons (Fsp3) is 0.562. The van der Waals surface area contributed by atoms with Crippen LogP contribution in [-0.4, -0.2) is 36.6 Å². The normalized spacial score (nSPS) is 17.6. The van der Waals surface area contributed by atoms with Crippen molar-refractivity contribution >= 4 is 5.97 Å². The first-order valence-corrected chi connectivity index (χ1v) is 7.21. The van der Waals surface area contributed by atoms with E-state index in [4.69, 9.17) is 4.74 Å². The van der Waals surface area contributed by atoms with E-state index in [-0.39, 0.29) is 5.97 Å². The molecule has 1 heterocycles. The number of methoxy groups -OCH3 is 1. The molecule has 1 N–H and O–H groups in total. The zero-order chi connectivity index (χ0) is 14.6. The van der Waals surface area contributed by atoms with Crippen molar-refractivity contribution in [3.05, 3.63) is 35.4 Å². The van der Waals surface area contributed by atoms with Gasteiger partial charge in [-0.1, -0.05) is 31.2 Å². The lowest BCUT2D eigenvalue weighted by Gasteiger charge is -2.29. The van der Waals surface area contributed by atoms with E-state index in [1.165, 1.54) is 18.2 Å². The van der Waals surface area contributed by atoms with Crippen molar-refractivity contribution < 1.29 is 9.53 Å². The second-order valence-corrected chi connectivity index (χ2v) is 5.58. The first kappa shape index (κ1) is 15.0. The summed E-state index contributed by atoms with van der Waals surface area (Å²) in [6.07, 6.45) is 0.751. The second kappa shape index (κ2) is 6.37. The Balaban J connectivity index is 1.93. The number of likely N-dealkylation sites (N-methyl/N-ethyl adjacent to an activating group) is 1. The average molecular weight is 276 g/mol. The van der Waals surface area contributed by atoms with Gasteiger partial charge in [0.05, 0.1) is 7.11 Å². The summed E-state index contributed by atoms with van der Waals surface area (Å²) < 4.78 is 4.92. The number of ether oxygens (including phenoxy) is 1. The molecule has 0 saturated heterocycles. The van der Waals surface area contributed by atoms with Gasteiger partial charge in [0, 0.05) is 19.6 Å². The minimum atomic E-state index is -0.599. The number of carbonyl (C=O) groups is 1. The fourth-order valence-electron chi connectivity index (χ4n) is 2.82. The molecule has 1 atom stereocenters. The van der Waals surface area contributed by atoms with Crippen LogP contribution in [-0.2, 0) is 22.6 Å². The first-order valence-electron chi connectivity index (χ1n) is 7.21. The Hall–Kier alpha value is -1.39. The number of rotatable bonds is 6. The Labute approximate surface area is 121 Å². The molecule has 0 radical (unpaired) electrons. The lowest BCUT2D eigenvalue weighted by molar-refractivity contribution is -0.148. The Morgan fingerprint density at radius 3 is 2.45 bits per heavy atom. The molecule has 110 valence electrons. The summed E-state index contributed by atoms with van der Waals surface area (Å²) in [5.74, 6) is -0.184. The summed E-state index contributed by atoms with van der Waals surface area (Å²) in [7, 11) is 1.45. The van der Waals surface area contributed by atoms with Crippen molar-refractivity contribution in [2.75, 3.05) is 20.2 Å². The van der Waals surface area contributed by atoms with E-state index in [1.807, 2.05) is 13.8 Å². The first-order chi connectivity index (χ1) is 9.59. The van der Waals surface area contributed by atoms with E-state index < -0.39 is 5.54 Å².